The largest absolute Gasteiger partial charge is 3.00 e. The Kier molecular flexibility index (Phi) is 94.6. The molecule has 10 rings (SSSR count). The maximum atomic E-state index is 11.9. The molecule has 6 aromatic carbocycles. The molecule has 0 bridgehead atoms. The van der Waals surface area contributed by atoms with Crippen LogP contribution < -0.4 is 99.3 Å². The van der Waals surface area contributed by atoms with Gasteiger partial charge in [-0.3, -0.25) is 19.9 Å². The average Bonchev–Trinajstić information content (AvgIpc) is 1.70. The zero-order chi connectivity index (χ0) is 82.2. The number of hydrogen-bond donors (Lipinski definition) is 0. The first-order valence-electron chi connectivity index (χ1n) is 33.5. The van der Waals surface area contributed by atoms with Gasteiger partial charge < -0.3 is 118 Å². The summed E-state index contributed by atoms with van der Waals surface area (Å²) in [4.78, 5) is 63.0. The second-order valence-corrected chi connectivity index (χ2v) is 32.3. The van der Waals surface area contributed by atoms with E-state index in [1.54, 1.807) is 98.1 Å². The Morgan fingerprint density at radius 2 is 0.342 bits per heavy atom. The minimum Gasteiger partial charge on any atom is -1.00 e. The van der Waals surface area contributed by atoms with E-state index in [9.17, 15) is 19.2 Å². The first-order valence-corrected chi connectivity index (χ1v) is 38.7. The standard InChI is InChI=1S/2C20H16N2O4.4C10H15.4CHCl3.8ClH.4Rh/c2*23-19(17-5-9-21-10-6-17)25-13-15-1-2-16(4-3-15)14-26-20(24)18-7-11-22-12-8-18;4*1-6-7(2)9(4)10(5)8(6)3;4*2-1(3)4;;;;;;;;;;;;/h2*1-12H,13-14H2;4*1-5H3;4*1H;8*1H;;;;/q;;4*-1;;;;;;;;;;;;;4*+3/p-8. The summed E-state index contributed by atoms with van der Waals surface area (Å²) < 4.78 is 18.0. The van der Waals surface area contributed by atoms with E-state index in [0.717, 1.165) is 22.3 Å². The Bertz CT molecular complexity index is 3460. The number of nitrogens with zero attached hydrogens (tertiary/aromatic N) is 4. The van der Waals surface area contributed by atoms with Crippen molar-refractivity contribution in [1.29, 1.82) is 0 Å². The molecule has 4 heterocycles. The maximum Gasteiger partial charge on any atom is 3.00 e. The van der Waals surface area contributed by atoms with E-state index in [0.29, 0.717) is 22.3 Å². The second kappa shape index (κ2) is 78.6. The van der Waals surface area contributed by atoms with Crippen molar-refractivity contribution >= 4 is 163 Å². The summed E-state index contributed by atoms with van der Waals surface area (Å²) in [5, 5.41) is 0. The van der Waals surface area contributed by atoms with E-state index in [1.165, 1.54) is 111 Å². The van der Waals surface area contributed by atoms with Crippen LogP contribution in [0.5, 0.6) is 0 Å². The second-order valence-electron chi connectivity index (χ2n) is 24.4. The Labute approximate surface area is 872 Å². The SMILES string of the molecule is Cc1c(C)c(C)[c-](C)c1C.Cc1c(C)c(C)[c-](C)c1C.Cc1c(C)c(C)[c-](C)c1C.Cc1c(C)c(C)[c-](C)c1C.ClC(Cl)Cl.ClC(Cl)Cl.ClC(Cl)Cl.ClC(Cl)Cl.O=C(OCc1ccc(COC(=O)c2ccncc2)cc1)c1ccncc1.O=C(OCc1ccc(COC(=O)c2ccncc2)cc1)c1ccncc1.[Cl-].[Cl-].[Cl-].[Cl-].[Cl-].[Cl-].[Cl-].[Cl-].[Rh+3].[Rh+3].[Rh+3].[Rh+3]. The van der Waals surface area contributed by atoms with Crippen molar-refractivity contribution < 1.29 is 215 Å². The normalized spacial score (nSPS) is 9.10. The summed E-state index contributed by atoms with van der Waals surface area (Å²) in [5.41, 5.74) is 34.6. The summed E-state index contributed by atoms with van der Waals surface area (Å²) in [6.45, 7) is 44.6. The number of pyridine rings is 4. The predicted octanol–water partition coefficient (Wildman–Crippen LogP) is 2.14. The number of alkyl halides is 12. The van der Waals surface area contributed by atoms with Crippen LogP contribution in [-0.4, -0.2) is 61.0 Å². The van der Waals surface area contributed by atoms with Gasteiger partial charge >= 0.3 is 102 Å². The molecule has 0 fully saturated rings. The first-order chi connectivity index (χ1) is 50.6. The van der Waals surface area contributed by atoms with Gasteiger partial charge in [0, 0.05) is 49.6 Å². The molecule has 0 amide bonds. The zero-order valence-corrected chi connectivity index (χ0v) is 90.6. The summed E-state index contributed by atoms with van der Waals surface area (Å²) in [6, 6.07) is 27.4. The van der Waals surface area contributed by atoms with E-state index >= 15 is 0 Å². The van der Waals surface area contributed by atoms with Crippen LogP contribution in [0, 0.1) is 138 Å². The van der Waals surface area contributed by atoms with Crippen molar-refractivity contribution in [1.82, 2.24) is 19.9 Å². The molecule has 36 heteroatoms. The van der Waals surface area contributed by atoms with Crippen molar-refractivity contribution in [3.63, 3.8) is 0 Å². The molecule has 0 aliphatic rings. The van der Waals surface area contributed by atoms with E-state index in [-0.39, 0.29) is 204 Å². The molecule has 0 N–H and O–H groups in total. The van der Waals surface area contributed by atoms with Crippen molar-refractivity contribution in [2.45, 2.75) is 182 Å². The Balaban J connectivity index is -0.000000115. The first kappa shape index (κ1) is 144. The molecule has 0 aliphatic carbocycles. The smallest absolute Gasteiger partial charge is 1.00 e. The molecular weight excluding hydrogens is 2310 g/mol. The fraction of sp³-hybridized carbons (Fsp3) is 0.333. The van der Waals surface area contributed by atoms with Gasteiger partial charge in [-0.2, -0.15) is 111 Å². The van der Waals surface area contributed by atoms with Gasteiger partial charge in [0.05, 0.1) is 22.3 Å². The van der Waals surface area contributed by atoms with Gasteiger partial charge in [0.25, 0.3) is 0 Å². The van der Waals surface area contributed by atoms with E-state index < -0.39 is 41.1 Å². The van der Waals surface area contributed by atoms with Crippen molar-refractivity contribution in [3.8, 4) is 0 Å². The fourth-order valence-electron chi connectivity index (χ4n) is 9.97. The Morgan fingerprint density at radius 3 is 0.425 bits per heavy atom. The van der Waals surface area contributed by atoms with Gasteiger partial charge in [-0.05, 0) is 70.8 Å². The molecule has 120 heavy (non-hydrogen) atoms. The number of carbonyl (C=O) groups is 4. The molecule has 0 spiro atoms. The summed E-state index contributed by atoms with van der Waals surface area (Å²) in [5.74, 6) is -1.60. The number of aromatic nitrogens is 4. The van der Waals surface area contributed by atoms with Crippen LogP contribution in [0.25, 0.3) is 0 Å². The number of carbonyl (C=O) groups excluding carboxylic acids is 4. The van der Waals surface area contributed by atoms with E-state index in [4.69, 9.17) is 158 Å². The molecule has 0 unspecified atom stereocenters. The zero-order valence-electron chi connectivity index (χ0n) is 68.9. The van der Waals surface area contributed by atoms with Crippen LogP contribution in [0.3, 0.4) is 0 Å². The molecular formula is C84H96Cl20N4O8Rh4. The Morgan fingerprint density at radius 1 is 0.242 bits per heavy atom. The molecule has 12 nitrogen and oxygen atoms in total. The number of benzene rings is 2. The van der Waals surface area contributed by atoms with E-state index in [2.05, 4.69) is 158 Å². The van der Waals surface area contributed by atoms with E-state index in [1.807, 2.05) is 48.5 Å². The molecule has 4 aromatic heterocycles. The predicted molar refractivity (Wildman–Crippen MR) is 455 cm³/mol. The van der Waals surface area contributed by atoms with Crippen molar-refractivity contribution in [2.24, 2.45) is 0 Å². The minimum atomic E-state index is -0.750. The summed E-state index contributed by atoms with van der Waals surface area (Å²) >= 11 is 57.7. The molecule has 0 saturated heterocycles. The van der Waals surface area contributed by atoms with Crippen LogP contribution in [0.1, 0.15) is 175 Å². The Hall–Kier alpha value is -1.39. The minimum absolute atomic E-state index is 0. The fourth-order valence-corrected chi connectivity index (χ4v) is 9.97. The van der Waals surface area contributed by atoms with Gasteiger partial charge in [0.2, 0.25) is 0 Å². The third-order valence-electron chi connectivity index (χ3n) is 18.4. The number of hydrogen-bond acceptors (Lipinski definition) is 12. The van der Waals surface area contributed by atoms with Crippen LogP contribution in [-0.2, 0) is 123 Å². The summed E-state index contributed by atoms with van der Waals surface area (Å²) in [6.07, 6.45) is 12.3. The quantitative estimate of drug-likeness (QED) is 0.0579. The number of esters is 4. The van der Waals surface area contributed by atoms with Gasteiger partial charge in [-0.25, -0.2) is 19.2 Å². The molecule has 0 aliphatic heterocycles. The maximum absolute atomic E-state index is 11.9. The van der Waals surface area contributed by atoms with Crippen LogP contribution in [0.4, 0.5) is 0 Å². The van der Waals surface area contributed by atoms with Gasteiger partial charge in [-0.1, -0.05) is 326 Å². The number of rotatable bonds is 12. The molecule has 0 saturated carbocycles. The van der Waals surface area contributed by atoms with Crippen LogP contribution in [0.15, 0.2) is 147 Å². The molecule has 676 valence electrons. The molecule has 10 aromatic rings. The number of halogens is 20. The summed E-state index contributed by atoms with van der Waals surface area (Å²) in [7, 11) is 0. The number of ether oxygens (including phenoxy) is 4. The van der Waals surface area contributed by atoms with Gasteiger partial charge in [0.1, 0.15) is 26.4 Å². The average molecular weight is 2410 g/mol. The van der Waals surface area contributed by atoms with Crippen LogP contribution in [0.2, 0.25) is 0 Å². The van der Waals surface area contributed by atoms with Crippen molar-refractivity contribution in [2.75, 3.05) is 0 Å². The topological polar surface area (TPSA) is 157 Å². The van der Waals surface area contributed by atoms with Gasteiger partial charge in [0.15, 0.2) is 17.2 Å². The van der Waals surface area contributed by atoms with Crippen molar-refractivity contribution in [3.05, 3.63) is 302 Å². The monoisotopic (exact) mass is 2400 g/mol. The molecule has 0 radical (unpaired) electrons. The van der Waals surface area contributed by atoms with Gasteiger partial charge in [-0.15, -0.1) is 0 Å². The van der Waals surface area contributed by atoms with Crippen LogP contribution >= 0.6 is 139 Å². The molecule has 0 atom stereocenters. The third-order valence-corrected chi connectivity index (χ3v) is 18.4. The third kappa shape index (κ3) is 56.1.